The summed E-state index contributed by atoms with van der Waals surface area (Å²) in [5.41, 5.74) is 0.838. The molecule has 0 spiro atoms. The molecule has 2 N–H and O–H groups in total. The van der Waals surface area contributed by atoms with E-state index >= 15 is 0 Å². The number of rotatable bonds is 4. The molecule has 3 rings (SSSR count). The maximum atomic E-state index is 12.1. The number of hydrogen-bond acceptors (Lipinski definition) is 5. The molecule has 0 radical (unpaired) electrons. The Kier molecular flexibility index (Phi) is 3.97. The number of nitrogens with zero attached hydrogens (tertiary/aromatic N) is 2. The fourth-order valence-corrected chi connectivity index (χ4v) is 3.41. The lowest BCUT2D eigenvalue weighted by atomic mass is 10.0. The Morgan fingerprint density at radius 3 is 2.48 bits per heavy atom. The van der Waals surface area contributed by atoms with Crippen LogP contribution in [0.25, 0.3) is 22.0 Å². The van der Waals surface area contributed by atoms with Gasteiger partial charge < -0.3 is 4.74 Å². The molecule has 23 heavy (non-hydrogen) atoms. The molecule has 118 valence electrons. The summed E-state index contributed by atoms with van der Waals surface area (Å²) in [6.45, 7) is 2.32. The third-order valence-electron chi connectivity index (χ3n) is 3.37. The van der Waals surface area contributed by atoms with Gasteiger partial charge in [0.25, 0.3) is 0 Å². The van der Waals surface area contributed by atoms with Crippen LogP contribution in [0.3, 0.4) is 0 Å². The largest absolute Gasteiger partial charge is 0.477 e. The molecule has 0 unspecified atom stereocenters. The third kappa shape index (κ3) is 3.01. The SMILES string of the molecule is CCOc1ccc(-c2ccc3ccccc3c2S(N)(=O)=O)nn1. The molecule has 6 nitrogen and oxygen atoms in total. The van der Waals surface area contributed by atoms with Crippen molar-refractivity contribution in [3.63, 3.8) is 0 Å². The number of primary sulfonamides is 1. The monoisotopic (exact) mass is 329 g/mol. The van der Waals surface area contributed by atoms with Crippen LogP contribution < -0.4 is 9.88 Å². The fraction of sp³-hybridized carbons (Fsp3) is 0.125. The molecule has 0 fully saturated rings. The lowest BCUT2D eigenvalue weighted by Crippen LogP contribution is -2.14. The summed E-state index contributed by atoms with van der Waals surface area (Å²) in [4.78, 5) is 0.0501. The van der Waals surface area contributed by atoms with Crippen LogP contribution in [0.2, 0.25) is 0 Å². The lowest BCUT2D eigenvalue weighted by molar-refractivity contribution is 0.323. The Labute approximate surface area is 134 Å². The average molecular weight is 329 g/mol. The van der Waals surface area contributed by atoms with E-state index in [1.165, 1.54) is 0 Å². The van der Waals surface area contributed by atoms with Gasteiger partial charge in [-0.3, -0.25) is 0 Å². The normalized spacial score (nSPS) is 11.6. The van der Waals surface area contributed by atoms with Crippen molar-refractivity contribution in [2.75, 3.05) is 6.61 Å². The van der Waals surface area contributed by atoms with E-state index in [1.54, 1.807) is 30.3 Å². The molecule has 0 aliphatic heterocycles. The molecule has 0 saturated heterocycles. The van der Waals surface area contributed by atoms with Crippen LogP contribution in [0, 0.1) is 0 Å². The first-order valence-electron chi connectivity index (χ1n) is 7.02. The van der Waals surface area contributed by atoms with Crippen LogP contribution in [-0.4, -0.2) is 25.2 Å². The number of hydrogen-bond donors (Lipinski definition) is 1. The highest BCUT2D eigenvalue weighted by atomic mass is 32.2. The Morgan fingerprint density at radius 1 is 1.04 bits per heavy atom. The Balaban J connectivity index is 2.25. The summed E-state index contributed by atoms with van der Waals surface area (Å²) >= 11 is 0. The second-order valence-corrected chi connectivity index (χ2v) is 6.40. The standard InChI is InChI=1S/C16H15N3O3S/c1-2-22-15-10-9-14(18-19-15)13-8-7-11-5-3-4-6-12(11)16(13)23(17,20)21/h3-10H,2H2,1H3,(H2,17,20,21). The molecular formula is C16H15N3O3S. The maximum Gasteiger partial charge on any atom is 0.239 e. The lowest BCUT2D eigenvalue weighted by Gasteiger charge is -2.11. The topological polar surface area (TPSA) is 95.2 Å². The summed E-state index contributed by atoms with van der Waals surface area (Å²) in [5, 5.41) is 14.8. The van der Waals surface area contributed by atoms with Crippen molar-refractivity contribution >= 4 is 20.8 Å². The van der Waals surface area contributed by atoms with Crippen molar-refractivity contribution in [3.8, 4) is 17.1 Å². The molecular weight excluding hydrogens is 314 g/mol. The highest BCUT2D eigenvalue weighted by molar-refractivity contribution is 7.89. The van der Waals surface area contributed by atoms with Gasteiger partial charge in [0.15, 0.2) is 0 Å². The Bertz CT molecular complexity index is 954. The van der Waals surface area contributed by atoms with Crippen molar-refractivity contribution < 1.29 is 13.2 Å². The third-order valence-corrected chi connectivity index (χ3v) is 4.38. The van der Waals surface area contributed by atoms with E-state index in [4.69, 9.17) is 9.88 Å². The van der Waals surface area contributed by atoms with Gasteiger partial charge in [-0.05, 0) is 18.4 Å². The highest BCUT2D eigenvalue weighted by Gasteiger charge is 2.20. The summed E-state index contributed by atoms with van der Waals surface area (Å²) in [5.74, 6) is 0.384. The minimum atomic E-state index is -3.93. The van der Waals surface area contributed by atoms with E-state index < -0.39 is 10.0 Å². The number of benzene rings is 2. The zero-order valence-electron chi connectivity index (χ0n) is 12.4. The zero-order valence-corrected chi connectivity index (χ0v) is 13.2. The number of aromatic nitrogens is 2. The molecule has 0 aliphatic rings. The number of ether oxygens (including phenoxy) is 1. The molecule has 1 heterocycles. The molecule has 0 aliphatic carbocycles. The second kappa shape index (κ2) is 5.94. The van der Waals surface area contributed by atoms with E-state index in [9.17, 15) is 8.42 Å². The summed E-state index contributed by atoms with van der Waals surface area (Å²) in [7, 11) is -3.93. The number of sulfonamides is 1. The van der Waals surface area contributed by atoms with Gasteiger partial charge >= 0.3 is 0 Å². The van der Waals surface area contributed by atoms with Crippen molar-refractivity contribution in [1.82, 2.24) is 10.2 Å². The van der Waals surface area contributed by atoms with Crippen molar-refractivity contribution in [1.29, 1.82) is 0 Å². The predicted molar refractivity (Wildman–Crippen MR) is 87.5 cm³/mol. The predicted octanol–water partition coefficient (Wildman–Crippen LogP) is 2.34. The summed E-state index contributed by atoms with van der Waals surface area (Å²) in [6, 6.07) is 14.0. The van der Waals surface area contributed by atoms with Gasteiger partial charge in [-0.1, -0.05) is 36.4 Å². The van der Waals surface area contributed by atoms with Gasteiger partial charge in [0, 0.05) is 17.0 Å². The molecule has 0 bridgehead atoms. The van der Waals surface area contributed by atoms with E-state index in [1.807, 2.05) is 25.1 Å². The summed E-state index contributed by atoms with van der Waals surface area (Å²) < 4.78 is 29.5. The maximum absolute atomic E-state index is 12.1. The molecule has 0 amide bonds. The molecule has 0 atom stereocenters. The molecule has 3 aromatic rings. The quantitative estimate of drug-likeness (QED) is 0.792. The second-order valence-electron chi connectivity index (χ2n) is 4.90. The van der Waals surface area contributed by atoms with E-state index in [0.717, 1.165) is 5.39 Å². The van der Waals surface area contributed by atoms with Crippen molar-refractivity contribution in [2.24, 2.45) is 5.14 Å². The van der Waals surface area contributed by atoms with E-state index in [2.05, 4.69) is 10.2 Å². The molecule has 2 aromatic carbocycles. The van der Waals surface area contributed by atoms with Gasteiger partial charge in [0.1, 0.15) is 0 Å². The first-order chi connectivity index (χ1) is 11.0. The zero-order chi connectivity index (χ0) is 16.4. The van der Waals surface area contributed by atoms with Gasteiger partial charge in [-0.15, -0.1) is 10.2 Å². The first kappa shape index (κ1) is 15.4. The minimum absolute atomic E-state index is 0.0501. The van der Waals surface area contributed by atoms with E-state index in [-0.39, 0.29) is 4.90 Å². The van der Waals surface area contributed by atoms with Gasteiger partial charge in [0.05, 0.1) is 17.2 Å². The molecule has 7 heteroatoms. The van der Waals surface area contributed by atoms with E-state index in [0.29, 0.717) is 29.1 Å². The number of nitrogens with two attached hydrogens (primary N) is 1. The Hall–Kier alpha value is -2.51. The van der Waals surface area contributed by atoms with Crippen LogP contribution in [0.5, 0.6) is 5.88 Å². The molecule has 1 aromatic heterocycles. The number of fused-ring (bicyclic) bond motifs is 1. The van der Waals surface area contributed by atoms with Gasteiger partial charge in [-0.2, -0.15) is 0 Å². The smallest absolute Gasteiger partial charge is 0.239 e. The Morgan fingerprint density at radius 2 is 1.83 bits per heavy atom. The summed E-state index contributed by atoms with van der Waals surface area (Å²) in [6.07, 6.45) is 0. The van der Waals surface area contributed by atoms with Crippen LogP contribution >= 0.6 is 0 Å². The van der Waals surface area contributed by atoms with Crippen molar-refractivity contribution in [2.45, 2.75) is 11.8 Å². The van der Waals surface area contributed by atoms with Crippen LogP contribution in [0.1, 0.15) is 6.92 Å². The van der Waals surface area contributed by atoms with Crippen LogP contribution in [-0.2, 0) is 10.0 Å². The minimum Gasteiger partial charge on any atom is -0.477 e. The fourth-order valence-electron chi connectivity index (χ4n) is 2.44. The van der Waals surface area contributed by atoms with Gasteiger partial charge in [0.2, 0.25) is 15.9 Å². The van der Waals surface area contributed by atoms with Crippen LogP contribution in [0.4, 0.5) is 0 Å². The first-order valence-corrected chi connectivity index (χ1v) is 8.57. The average Bonchev–Trinajstić information content (AvgIpc) is 2.54. The molecule has 0 saturated carbocycles. The van der Waals surface area contributed by atoms with Gasteiger partial charge in [-0.25, -0.2) is 13.6 Å². The van der Waals surface area contributed by atoms with Crippen LogP contribution in [0.15, 0.2) is 53.4 Å². The van der Waals surface area contributed by atoms with Crippen molar-refractivity contribution in [3.05, 3.63) is 48.5 Å². The highest BCUT2D eigenvalue weighted by Crippen LogP contribution is 2.32.